The molecule has 2 atom stereocenters. The van der Waals surface area contributed by atoms with Gasteiger partial charge < -0.3 is 15.2 Å². The fourth-order valence-electron chi connectivity index (χ4n) is 4.06. The van der Waals surface area contributed by atoms with Crippen molar-refractivity contribution in [1.82, 2.24) is 29.9 Å². The highest BCUT2D eigenvalue weighted by Gasteiger charge is 2.28. The van der Waals surface area contributed by atoms with Crippen molar-refractivity contribution in [3.63, 3.8) is 0 Å². The first-order valence-electron chi connectivity index (χ1n) is 11.5. The van der Waals surface area contributed by atoms with E-state index in [1.807, 2.05) is 25.2 Å². The van der Waals surface area contributed by atoms with Gasteiger partial charge in [-0.3, -0.25) is 9.78 Å². The maximum atomic E-state index is 11.3. The number of anilines is 1. The number of ether oxygens (including phenoxy) is 1. The molecule has 180 valence electrons. The van der Waals surface area contributed by atoms with Crippen LogP contribution in [0, 0.1) is 5.92 Å². The number of hydrogen-bond acceptors (Lipinski definition) is 8. The summed E-state index contributed by atoms with van der Waals surface area (Å²) in [5.41, 5.74) is 3.07. The van der Waals surface area contributed by atoms with Crippen LogP contribution in [0.15, 0.2) is 30.6 Å². The molecule has 10 heteroatoms. The number of nitrogens with one attached hydrogen (secondary N) is 1. The lowest BCUT2D eigenvalue weighted by Gasteiger charge is -2.27. The van der Waals surface area contributed by atoms with Gasteiger partial charge in [0.1, 0.15) is 11.4 Å². The molecule has 0 aromatic carbocycles. The summed E-state index contributed by atoms with van der Waals surface area (Å²) in [6.07, 6.45) is 6.24. The van der Waals surface area contributed by atoms with E-state index in [9.17, 15) is 9.90 Å². The second kappa shape index (κ2) is 9.74. The highest BCUT2D eigenvalue weighted by molar-refractivity contribution is 5.70. The second-order valence-electron chi connectivity index (χ2n) is 9.70. The molecule has 2 N–H and O–H groups in total. The average molecular weight is 466 g/mol. The van der Waals surface area contributed by atoms with Gasteiger partial charge in [-0.25, -0.2) is 14.6 Å². The molecule has 1 aliphatic rings. The number of carbonyl (C=O) groups is 1. The van der Waals surface area contributed by atoms with Gasteiger partial charge in [0.15, 0.2) is 0 Å². The SMILES string of the molecule is Cn1nnc(-c2ccc(O[C@H]3CCC[C@H](C(=O)O)C3)cn2)c1CNc1nccc(C(C)(C)C)n1. The molecule has 0 radical (unpaired) electrons. The van der Waals surface area contributed by atoms with Crippen molar-refractivity contribution in [2.24, 2.45) is 13.0 Å². The van der Waals surface area contributed by atoms with E-state index in [0.717, 1.165) is 24.2 Å². The molecule has 0 amide bonds. The number of rotatable bonds is 7. The zero-order valence-corrected chi connectivity index (χ0v) is 20.0. The molecule has 0 unspecified atom stereocenters. The molecule has 1 saturated carbocycles. The summed E-state index contributed by atoms with van der Waals surface area (Å²) < 4.78 is 7.71. The Morgan fingerprint density at radius 3 is 2.76 bits per heavy atom. The maximum absolute atomic E-state index is 11.3. The number of carboxylic acid groups (broad SMARTS) is 1. The number of carboxylic acids is 1. The molecule has 34 heavy (non-hydrogen) atoms. The van der Waals surface area contributed by atoms with E-state index < -0.39 is 5.97 Å². The molecule has 4 rings (SSSR count). The molecule has 1 fully saturated rings. The zero-order valence-electron chi connectivity index (χ0n) is 20.0. The molecule has 0 bridgehead atoms. The van der Waals surface area contributed by atoms with E-state index in [0.29, 0.717) is 42.5 Å². The third-order valence-electron chi connectivity index (χ3n) is 6.04. The highest BCUT2D eigenvalue weighted by Crippen LogP contribution is 2.29. The Balaban J connectivity index is 1.44. The van der Waals surface area contributed by atoms with Crippen molar-refractivity contribution in [2.75, 3.05) is 5.32 Å². The van der Waals surface area contributed by atoms with E-state index in [1.165, 1.54) is 0 Å². The topological polar surface area (TPSA) is 128 Å². The molecule has 3 aromatic heterocycles. The Morgan fingerprint density at radius 2 is 2.06 bits per heavy atom. The molecular weight excluding hydrogens is 434 g/mol. The van der Waals surface area contributed by atoms with Gasteiger partial charge >= 0.3 is 5.97 Å². The van der Waals surface area contributed by atoms with Crippen molar-refractivity contribution < 1.29 is 14.6 Å². The summed E-state index contributed by atoms with van der Waals surface area (Å²) in [4.78, 5) is 24.8. The van der Waals surface area contributed by atoms with E-state index in [4.69, 9.17) is 4.74 Å². The Kier molecular flexibility index (Phi) is 6.76. The molecule has 0 saturated heterocycles. The number of aromatic nitrogens is 6. The van der Waals surface area contributed by atoms with Gasteiger partial charge in [0.05, 0.1) is 41.8 Å². The predicted octanol–water partition coefficient (Wildman–Crippen LogP) is 3.60. The van der Waals surface area contributed by atoms with Gasteiger partial charge in [-0.1, -0.05) is 26.0 Å². The van der Waals surface area contributed by atoms with Crippen molar-refractivity contribution in [3.8, 4) is 17.1 Å². The first kappa shape index (κ1) is 23.6. The molecule has 10 nitrogen and oxygen atoms in total. The first-order valence-corrected chi connectivity index (χ1v) is 11.5. The minimum Gasteiger partial charge on any atom is -0.489 e. The van der Waals surface area contributed by atoms with Crippen molar-refractivity contribution in [1.29, 1.82) is 0 Å². The van der Waals surface area contributed by atoms with Crippen LogP contribution in [-0.2, 0) is 23.8 Å². The summed E-state index contributed by atoms with van der Waals surface area (Å²) in [6, 6.07) is 5.61. The van der Waals surface area contributed by atoms with Gasteiger partial charge in [0.2, 0.25) is 5.95 Å². The number of hydrogen-bond donors (Lipinski definition) is 2. The fourth-order valence-corrected chi connectivity index (χ4v) is 4.06. The number of pyridine rings is 1. The minimum atomic E-state index is -0.749. The van der Waals surface area contributed by atoms with Crippen LogP contribution < -0.4 is 10.1 Å². The van der Waals surface area contributed by atoms with Gasteiger partial charge in [-0.15, -0.1) is 5.10 Å². The van der Waals surface area contributed by atoms with Crippen molar-refractivity contribution in [2.45, 2.75) is 64.5 Å². The first-order chi connectivity index (χ1) is 16.2. The van der Waals surface area contributed by atoms with Gasteiger partial charge in [0.25, 0.3) is 0 Å². The normalized spacial score (nSPS) is 18.5. The van der Waals surface area contributed by atoms with Crippen LogP contribution in [0.3, 0.4) is 0 Å². The maximum Gasteiger partial charge on any atom is 0.306 e. The number of aryl methyl sites for hydroxylation is 1. The van der Waals surface area contributed by atoms with E-state index in [-0.39, 0.29) is 17.4 Å². The Hall–Kier alpha value is -3.56. The van der Waals surface area contributed by atoms with Crippen LogP contribution >= 0.6 is 0 Å². The lowest BCUT2D eigenvalue weighted by molar-refractivity contribution is -0.143. The van der Waals surface area contributed by atoms with E-state index >= 15 is 0 Å². The number of nitrogens with zero attached hydrogens (tertiary/aromatic N) is 6. The van der Waals surface area contributed by atoms with Crippen LogP contribution in [0.4, 0.5) is 5.95 Å². The molecular formula is C24H31N7O3. The quantitative estimate of drug-likeness (QED) is 0.538. The second-order valence-corrected chi connectivity index (χ2v) is 9.70. The van der Waals surface area contributed by atoms with Crippen LogP contribution in [0.5, 0.6) is 5.75 Å². The van der Waals surface area contributed by atoms with E-state index in [1.54, 1.807) is 17.1 Å². The Morgan fingerprint density at radius 1 is 1.24 bits per heavy atom. The lowest BCUT2D eigenvalue weighted by atomic mass is 9.87. The number of aliphatic carboxylic acids is 1. The largest absolute Gasteiger partial charge is 0.489 e. The minimum absolute atomic E-state index is 0.0709. The van der Waals surface area contributed by atoms with Crippen LogP contribution in [-0.4, -0.2) is 47.1 Å². The van der Waals surface area contributed by atoms with Crippen molar-refractivity contribution >= 4 is 11.9 Å². The van der Waals surface area contributed by atoms with Gasteiger partial charge in [0, 0.05) is 18.7 Å². The standard InChI is InChI=1S/C24H31N7O3/c1-24(2,3)20-10-11-25-23(28-20)27-14-19-21(29-30-31(19)4)18-9-8-17(13-26-18)34-16-7-5-6-15(12-16)22(32)33/h8-11,13,15-16H,5-7,12,14H2,1-4H3,(H,32,33)(H,25,27,28)/t15-,16-/m0/s1. The molecule has 3 heterocycles. The monoisotopic (exact) mass is 465 g/mol. The summed E-state index contributed by atoms with van der Waals surface area (Å²) in [7, 11) is 1.83. The third-order valence-corrected chi connectivity index (χ3v) is 6.04. The van der Waals surface area contributed by atoms with Crippen LogP contribution in [0.1, 0.15) is 57.8 Å². The summed E-state index contributed by atoms with van der Waals surface area (Å²) in [5, 5.41) is 21.0. The van der Waals surface area contributed by atoms with Gasteiger partial charge in [-0.2, -0.15) is 0 Å². The van der Waals surface area contributed by atoms with Crippen LogP contribution in [0.25, 0.3) is 11.4 Å². The van der Waals surface area contributed by atoms with E-state index in [2.05, 4.69) is 51.4 Å². The average Bonchev–Trinajstić information content (AvgIpc) is 3.18. The van der Waals surface area contributed by atoms with Crippen molar-refractivity contribution in [3.05, 3.63) is 42.0 Å². The summed E-state index contributed by atoms with van der Waals surface area (Å²) in [6.45, 7) is 6.77. The predicted molar refractivity (Wildman–Crippen MR) is 126 cm³/mol. The highest BCUT2D eigenvalue weighted by atomic mass is 16.5. The summed E-state index contributed by atoms with van der Waals surface area (Å²) >= 11 is 0. The van der Waals surface area contributed by atoms with Crippen LogP contribution in [0.2, 0.25) is 0 Å². The molecule has 1 aliphatic carbocycles. The Bertz CT molecular complexity index is 1140. The fraction of sp³-hybridized carbons (Fsp3) is 0.500. The third kappa shape index (κ3) is 5.49. The summed E-state index contributed by atoms with van der Waals surface area (Å²) in [5.74, 6) is 0.0778. The molecule has 0 aliphatic heterocycles. The molecule has 3 aromatic rings. The Labute approximate surface area is 198 Å². The smallest absolute Gasteiger partial charge is 0.306 e. The molecule has 0 spiro atoms. The lowest BCUT2D eigenvalue weighted by Crippen LogP contribution is -2.29. The van der Waals surface area contributed by atoms with Gasteiger partial charge in [-0.05, 0) is 43.9 Å². The zero-order chi connectivity index (χ0) is 24.3.